The van der Waals surface area contributed by atoms with Gasteiger partial charge in [-0.25, -0.2) is 0 Å². The molecule has 8 heteroatoms. The van der Waals surface area contributed by atoms with Crippen LogP contribution >= 0.6 is 11.3 Å². The van der Waals surface area contributed by atoms with Gasteiger partial charge in [0.2, 0.25) is 17.7 Å². The number of benzene rings is 2. The van der Waals surface area contributed by atoms with Crippen LogP contribution in [0.4, 0.5) is 0 Å². The number of thiophene rings is 1. The lowest BCUT2D eigenvalue weighted by Crippen LogP contribution is -2.59. The summed E-state index contributed by atoms with van der Waals surface area (Å²) >= 11 is 1.59. The number of hydrogen-bond donors (Lipinski definition) is 4. The average molecular weight is 563 g/mol. The Bertz CT molecular complexity index is 1390. The molecule has 1 heterocycles. The molecule has 0 fully saturated rings. The molecule has 0 saturated carbocycles. The third-order valence-electron chi connectivity index (χ3n) is 6.76. The standard InChI is InChI=1S/C32H42N4O3S/c1-8-21(23-14-10-9-13-20(23)2)18-27(36-29(38)31(3,4)5)35-28(37)25(34-30(39)32(6,7)33)17-22-19-40-26-16-12-11-15-24(22)26/h8-16,19,25,27H,17-18,33H2,1-7H3,(H,34,39)(H,35,37)(H,36,38)/b21-8-/t25-,27+/m1/s1. The van der Waals surface area contributed by atoms with E-state index in [1.165, 1.54) is 0 Å². The van der Waals surface area contributed by atoms with Crippen molar-refractivity contribution in [3.63, 3.8) is 0 Å². The molecule has 0 saturated heterocycles. The van der Waals surface area contributed by atoms with E-state index in [0.29, 0.717) is 6.42 Å². The molecule has 0 spiro atoms. The highest BCUT2D eigenvalue weighted by atomic mass is 32.1. The fourth-order valence-corrected chi connectivity index (χ4v) is 5.26. The van der Waals surface area contributed by atoms with Gasteiger partial charge >= 0.3 is 0 Å². The van der Waals surface area contributed by atoms with E-state index >= 15 is 0 Å². The van der Waals surface area contributed by atoms with E-state index in [4.69, 9.17) is 5.73 Å². The Balaban J connectivity index is 1.93. The zero-order valence-corrected chi connectivity index (χ0v) is 25.4. The first-order valence-corrected chi connectivity index (χ1v) is 14.5. The predicted octanol–water partition coefficient (Wildman–Crippen LogP) is 5.07. The number of allylic oxidation sites excluding steroid dienone is 1. The van der Waals surface area contributed by atoms with Gasteiger partial charge in [-0.3, -0.25) is 14.4 Å². The van der Waals surface area contributed by atoms with Crippen LogP contribution in [0.15, 0.2) is 60.0 Å². The minimum atomic E-state index is -1.17. The maximum absolute atomic E-state index is 13.8. The summed E-state index contributed by atoms with van der Waals surface area (Å²) in [6, 6.07) is 15.1. The fourth-order valence-electron chi connectivity index (χ4n) is 4.29. The first-order valence-electron chi connectivity index (χ1n) is 13.6. The topological polar surface area (TPSA) is 113 Å². The molecule has 1 aromatic heterocycles. The number of carbonyl (C=O) groups is 3. The van der Waals surface area contributed by atoms with Crippen molar-refractivity contribution < 1.29 is 14.4 Å². The van der Waals surface area contributed by atoms with Crippen molar-refractivity contribution in [1.29, 1.82) is 0 Å². The van der Waals surface area contributed by atoms with Gasteiger partial charge < -0.3 is 21.7 Å². The summed E-state index contributed by atoms with van der Waals surface area (Å²) in [4.78, 5) is 39.8. The molecule has 2 aromatic carbocycles. The van der Waals surface area contributed by atoms with Gasteiger partial charge in [-0.1, -0.05) is 69.3 Å². The molecular weight excluding hydrogens is 520 g/mol. The molecule has 3 amide bonds. The number of carbonyl (C=O) groups excluding carboxylic acids is 3. The lowest BCUT2D eigenvalue weighted by molar-refractivity contribution is -0.133. The number of fused-ring (bicyclic) bond motifs is 1. The van der Waals surface area contributed by atoms with Crippen LogP contribution in [0.3, 0.4) is 0 Å². The first kappa shape index (κ1) is 31.0. The van der Waals surface area contributed by atoms with Crippen LogP contribution < -0.4 is 21.7 Å². The first-order chi connectivity index (χ1) is 18.7. The maximum atomic E-state index is 13.8. The Labute approximate surface area is 241 Å². The number of hydrogen-bond acceptors (Lipinski definition) is 5. The highest BCUT2D eigenvalue weighted by Crippen LogP contribution is 2.27. The SMILES string of the molecule is C/C=C(/C[C@@H](NC(=O)[C@@H](Cc1csc2ccccc12)NC(=O)C(C)(C)N)NC(=O)C(C)(C)C)c1ccccc1C. The average Bonchev–Trinajstić information content (AvgIpc) is 3.28. The van der Waals surface area contributed by atoms with E-state index in [0.717, 1.165) is 32.3 Å². The third kappa shape index (κ3) is 8.02. The molecule has 7 nitrogen and oxygen atoms in total. The highest BCUT2D eigenvalue weighted by Gasteiger charge is 2.31. The summed E-state index contributed by atoms with van der Waals surface area (Å²) in [6.45, 7) is 12.7. The summed E-state index contributed by atoms with van der Waals surface area (Å²) in [5.74, 6) is -1.02. The summed E-state index contributed by atoms with van der Waals surface area (Å²) in [7, 11) is 0. The smallest absolute Gasteiger partial charge is 0.244 e. The van der Waals surface area contributed by atoms with Gasteiger partial charge in [-0.05, 0) is 66.8 Å². The number of rotatable bonds is 10. The number of aryl methyl sites for hydroxylation is 1. The molecule has 3 aromatic rings. The van der Waals surface area contributed by atoms with Gasteiger partial charge in [0.1, 0.15) is 12.2 Å². The highest BCUT2D eigenvalue weighted by molar-refractivity contribution is 7.17. The Morgan fingerprint density at radius 2 is 1.57 bits per heavy atom. The second kappa shape index (κ2) is 12.8. The second-order valence-electron chi connectivity index (χ2n) is 11.8. The minimum Gasteiger partial charge on any atom is -0.342 e. The summed E-state index contributed by atoms with van der Waals surface area (Å²) in [5.41, 5.74) is 8.33. The van der Waals surface area contributed by atoms with E-state index < -0.39 is 35.0 Å². The predicted molar refractivity (Wildman–Crippen MR) is 165 cm³/mol. The van der Waals surface area contributed by atoms with E-state index in [9.17, 15) is 14.4 Å². The van der Waals surface area contributed by atoms with E-state index in [1.54, 1.807) is 25.2 Å². The molecule has 0 aliphatic carbocycles. The van der Waals surface area contributed by atoms with Crippen LogP contribution in [0.1, 0.15) is 64.7 Å². The largest absolute Gasteiger partial charge is 0.342 e. The molecule has 40 heavy (non-hydrogen) atoms. The molecular formula is C32H42N4O3S. The molecule has 214 valence electrons. The van der Waals surface area contributed by atoms with Crippen LogP contribution in [0, 0.1) is 12.3 Å². The van der Waals surface area contributed by atoms with Gasteiger partial charge in [0.25, 0.3) is 0 Å². The Kier molecular flexibility index (Phi) is 9.92. The van der Waals surface area contributed by atoms with E-state index in [1.807, 2.05) is 94.6 Å². The van der Waals surface area contributed by atoms with Crippen LogP contribution in [0.5, 0.6) is 0 Å². The monoisotopic (exact) mass is 562 g/mol. The van der Waals surface area contributed by atoms with Gasteiger partial charge in [0.15, 0.2) is 0 Å². The minimum absolute atomic E-state index is 0.189. The fraction of sp³-hybridized carbons (Fsp3) is 0.406. The van der Waals surface area contributed by atoms with Crippen LogP contribution in [0.25, 0.3) is 15.7 Å². The molecule has 0 bridgehead atoms. The van der Waals surface area contributed by atoms with Crippen molar-refractivity contribution in [1.82, 2.24) is 16.0 Å². The van der Waals surface area contributed by atoms with Gasteiger partial charge in [-0.15, -0.1) is 11.3 Å². The zero-order valence-electron chi connectivity index (χ0n) is 24.6. The van der Waals surface area contributed by atoms with E-state index in [2.05, 4.69) is 16.0 Å². The Hall–Kier alpha value is -3.49. The molecule has 2 atom stereocenters. The second-order valence-corrected chi connectivity index (χ2v) is 12.7. The van der Waals surface area contributed by atoms with Crippen LogP contribution in [-0.2, 0) is 20.8 Å². The number of nitrogens with one attached hydrogen (secondary N) is 3. The number of amides is 3. The summed E-state index contributed by atoms with van der Waals surface area (Å²) in [5, 5.41) is 12.0. The molecule has 0 radical (unpaired) electrons. The van der Waals surface area contributed by atoms with Crippen molar-refractivity contribution in [2.45, 2.75) is 79.1 Å². The van der Waals surface area contributed by atoms with Crippen molar-refractivity contribution in [3.05, 3.63) is 76.7 Å². The quantitative estimate of drug-likeness (QED) is 0.258. The molecule has 0 aliphatic rings. The van der Waals surface area contributed by atoms with Crippen molar-refractivity contribution in [3.8, 4) is 0 Å². The van der Waals surface area contributed by atoms with Crippen molar-refractivity contribution in [2.24, 2.45) is 11.1 Å². The maximum Gasteiger partial charge on any atom is 0.244 e. The molecule has 0 unspecified atom stereocenters. The van der Waals surface area contributed by atoms with Crippen molar-refractivity contribution in [2.75, 3.05) is 0 Å². The Morgan fingerprint density at radius 3 is 2.20 bits per heavy atom. The lowest BCUT2D eigenvalue weighted by Gasteiger charge is -2.29. The van der Waals surface area contributed by atoms with Gasteiger partial charge in [0.05, 0.1) is 5.54 Å². The molecule has 5 N–H and O–H groups in total. The van der Waals surface area contributed by atoms with Gasteiger partial charge in [0, 0.05) is 23.0 Å². The normalized spacial score (nSPS) is 13.9. The molecule has 3 rings (SSSR count). The van der Waals surface area contributed by atoms with Crippen LogP contribution in [-0.4, -0.2) is 35.5 Å². The zero-order chi connectivity index (χ0) is 29.7. The summed E-state index contributed by atoms with van der Waals surface area (Å²) in [6.07, 6.45) is 1.96. The van der Waals surface area contributed by atoms with Gasteiger partial charge in [-0.2, -0.15) is 0 Å². The third-order valence-corrected chi connectivity index (χ3v) is 7.77. The number of nitrogens with two attached hydrogens (primary N) is 1. The van der Waals surface area contributed by atoms with Crippen LogP contribution in [0.2, 0.25) is 0 Å². The van der Waals surface area contributed by atoms with E-state index in [-0.39, 0.29) is 12.3 Å². The Morgan fingerprint density at radius 1 is 0.925 bits per heavy atom. The molecule has 0 aliphatic heterocycles. The summed E-state index contributed by atoms with van der Waals surface area (Å²) < 4.78 is 1.11. The van der Waals surface area contributed by atoms with Crippen molar-refractivity contribution >= 4 is 44.7 Å². The lowest BCUT2D eigenvalue weighted by atomic mass is 9.94.